The lowest BCUT2D eigenvalue weighted by atomic mass is 10.1. The molecule has 0 fully saturated rings. The number of carbonyl (C=O) groups is 2. The van der Waals surface area contributed by atoms with Gasteiger partial charge >= 0.3 is 5.91 Å². The molecule has 0 unspecified atom stereocenters. The van der Waals surface area contributed by atoms with Gasteiger partial charge in [0.15, 0.2) is 11.6 Å². The highest BCUT2D eigenvalue weighted by Crippen LogP contribution is 2.27. The van der Waals surface area contributed by atoms with E-state index in [2.05, 4.69) is 30.4 Å². The second kappa shape index (κ2) is 7.20. The van der Waals surface area contributed by atoms with Crippen molar-refractivity contribution in [3.63, 3.8) is 0 Å². The Balaban J connectivity index is 2.02. The Labute approximate surface area is 153 Å². The summed E-state index contributed by atoms with van der Waals surface area (Å²) in [4.78, 5) is 35.9. The third kappa shape index (κ3) is 3.59. The minimum absolute atomic E-state index is 0.0125. The molecule has 0 radical (unpaired) electrons. The molecular formula is C17H14N6O4. The number of hydrogen-bond acceptors (Lipinski definition) is 9. The number of nitrogens with zero attached hydrogens (tertiary/aromatic N) is 6. The van der Waals surface area contributed by atoms with E-state index in [0.717, 1.165) is 0 Å². The molecule has 0 aromatic heterocycles. The molecule has 10 nitrogen and oxygen atoms in total. The van der Waals surface area contributed by atoms with E-state index in [-0.39, 0.29) is 34.5 Å². The molecule has 2 aliphatic rings. The normalized spacial score (nSPS) is 16.6. The van der Waals surface area contributed by atoms with Crippen LogP contribution < -0.4 is 4.74 Å². The summed E-state index contributed by atoms with van der Waals surface area (Å²) in [5.41, 5.74) is 0.920. The first-order chi connectivity index (χ1) is 12.9. The number of benzene rings is 1. The van der Waals surface area contributed by atoms with Gasteiger partial charge < -0.3 is 9.84 Å². The number of carbonyl (C=O) groups excluding carboxylic acids is 2. The molecule has 0 spiro atoms. The molecule has 0 saturated carbocycles. The molecule has 2 aliphatic heterocycles. The minimum atomic E-state index is -0.603. The number of aliphatic hydroxyl groups is 1. The van der Waals surface area contributed by atoms with Crippen LogP contribution in [0.15, 0.2) is 59.9 Å². The van der Waals surface area contributed by atoms with Crippen LogP contribution >= 0.6 is 0 Å². The van der Waals surface area contributed by atoms with Crippen molar-refractivity contribution in [3.8, 4) is 5.75 Å². The highest BCUT2D eigenvalue weighted by atomic mass is 16.5. The summed E-state index contributed by atoms with van der Waals surface area (Å²) in [7, 11) is 1.47. The van der Waals surface area contributed by atoms with Gasteiger partial charge in [0.05, 0.1) is 23.9 Å². The number of hydrogen-bond donors (Lipinski definition) is 1. The number of Topliss-reactive ketones (excluding diaryl/α,β-unsaturated/α-hetero) is 1. The summed E-state index contributed by atoms with van der Waals surface area (Å²) in [6.45, 7) is 2.73. The van der Waals surface area contributed by atoms with E-state index in [4.69, 9.17) is 4.74 Å². The number of ketones is 1. The van der Waals surface area contributed by atoms with Crippen LogP contribution in [0.2, 0.25) is 0 Å². The molecule has 0 saturated heterocycles. The van der Waals surface area contributed by atoms with Crippen molar-refractivity contribution < 1.29 is 19.4 Å². The Bertz CT molecular complexity index is 1030. The highest BCUT2D eigenvalue weighted by Gasteiger charge is 2.29. The van der Waals surface area contributed by atoms with Crippen molar-refractivity contribution in [3.05, 3.63) is 35.1 Å². The number of amidine groups is 2. The standard InChI is InChI=1S/C17H14N6O4/c1-8(24)12(9(2)25)7-18-10-4-5-13(27-3)11(6-10)15-19-16-14(17(26)20-15)21-23-22-16/h4-7,24H,1-3H3/b12-8+,18-7?. The molecule has 1 aromatic carbocycles. The van der Waals surface area contributed by atoms with E-state index in [1.165, 1.54) is 27.2 Å². The molecule has 1 N–H and O–H groups in total. The van der Waals surface area contributed by atoms with Crippen LogP contribution in [-0.4, -0.2) is 47.5 Å². The zero-order valence-corrected chi connectivity index (χ0v) is 14.7. The number of aliphatic imine (C=N–C) groups is 3. The molecule has 3 rings (SSSR count). The Morgan fingerprint density at radius 2 is 2.00 bits per heavy atom. The van der Waals surface area contributed by atoms with Gasteiger partial charge in [-0.2, -0.15) is 4.99 Å². The van der Waals surface area contributed by atoms with E-state index in [1.54, 1.807) is 18.2 Å². The second-order valence-corrected chi connectivity index (χ2v) is 5.51. The van der Waals surface area contributed by atoms with Crippen molar-refractivity contribution in [2.75, 3.05) is 7.11 Å². The van der Waals surface area contributed by atoms with E-state index in [1.807, 2.05) is 0 Å². The van der Waals surface area contributed by atoms with Gasteiger partial charge in [0.25, 0.3) is 0 Å². The smallest absolute Gasteiger partial charge is 0.303 e. The maximum absolute atomic E-state index is 12.0. The van der Waals surface area contributed by atoms with Gasteiger partial charge in [-0.15, -0.1) is 10.2 Å². The van der Waals surface area contributed by atoms with Crippen LogP contribution in [0.1, 0.15) is 19.4 Å². The summed E-state index contributed by atoms with van der Waals surface area (Å²) in [6.07, 6.45) is 1.26. The zero-order valence-electron chi connectivity index (χ0n) is 14.7. The van der Waals surface area contributed by atoms with E-state index < -0.39 is 5.91 Å². The Morgan fingerprint density at radius 3 is 2.67 bits per heavy atom. The Kier molecular flexibility index (Phi) is 4.79. The summed E-state index contributed by atoms with van der Waals surface area (Å²) >= 11 is 0. The fraction of sp³-hybridized carbons (Fsp3) is 0.176. The summed E-state index contributed by atoms with van der Waals surface area (Å²) in [6, 6.07) is 4.85. The lowest BCUT2D eigenvalue weighted by Gasteiger charge is -2.11. The molecule has 0 bridgehead atoms. The number of amides is 1. The second-order valence-electron chi connectivity index (χ2n) is 5.51. The van der Waals surface area contributed by atoms with Crippen LogP contribution in [0, 0.1) is 0 Å². The van der Waals surface area contributed by atoms with Gasteiger partial charge in [-0.25, -0.2) is 4.99 Å². The molecule has 27 heavy (non-hydrogen) atoms. The third-order valence-corrected chi connectivity index (χ3v) is 3.65. The van der Waals surface area contributed by atoms with Crippen molar-refractivity contribution in [1.29, 1.82) is 0 Å². The SMILES string of the molecule is COc1ccc(N=C/C(C(C)=O)=C(/C)O)cc1C1=NC(=O)C2=NN=NC2=N1. The van der Waals surface area contributed by atoms with Gasteiger partial charge in [0, 0.05) is 6.21 Å². The number of methoxy groups -OCH3 is 1. The largest absolute Gasteiger partial charge is 0.512 e. The van der Waals surface area contributed by atoms with Gasteiger partial charge in [0.1, 0.15) is 11.5 Å². The first-order valence-corrected chi connectivity index (χ1v) is 7.74. The molecule has 1 amide bonds. The molecular weight excluding hydrogens is 352 g/mol. The van der Waals surface area contributed by atoms with Crippen LogP contribution in [0.3, 0.4) is 0 Å². The predicted molar refractivity (Wildman–Crippen MR) is 98.4 cm³/mol. The van der Waals surface area contributed by atoms with E-state index >= 15 is 0 Å². The van der Waals surface area contributed by atoms with Crippen LogP contribution in [0.5, 0.6) is 5.75 Å². The van der Waals surface area contributed by atoms with Crippen LogP contribution in [0.4, 0.5) is 5.69 Å². The molecule has 1 aromatic rings. The number of rotatable bonds is 5. The predicted octanol–water partition coefficient (Wildman–Crippen LogP) is 2.33. The van der Waals surface area contributed by atoms with Crippen molar-refractivity contribution in [2.45, 2.75) is 13.8 Å². The average Bonchev–Trinajstić information content (AvgIpc) is 3.10. The van der Waals surface area contributed by atoms with Gasteiger partial charge in [0.2, 0.25) is 11.5 Å². The third-order valence-electron chi connectivity index (χ3n) is 3.65. The summed E-state index contributed by atoms with van der Waals surface area (Å²) < 4.78 is 5.30. The maximum atomic E-state index is 12.0. The van der Waals surface area contributed by atoms with Crippen LogP contribution in [0.25, 0.3) is 0 Å². The summed E-state index contributed by atoms with van der Waals surface area (Å²) in [5, 5.41) is 20.2. The zero-order chi connectivity index (χ0) is 19.6. The van der Waals surface area contributed by atoms with Crippen molar-refractivity contribution in [1.82, 2.24) is 0 Å². The first-order valence-electron chi connectivity index (χ1n) is 7.74. The van der Waals surface area contributed by atoms with Crippen LogP contribution in [-0.2, 0) is 9.59 Å². The quantitative estimate of drug-likeness (QED) is 0.485. The number of aliphatic hydroxyl groups excluding tert-OH is 1. The lowest BCUT2D eigenvalue weighted by Crippen LogP contribution is -2.26. The van der Waals surface area contributed by atoms with Crippen molar-refractivity contribution in [2.24, 2.45) is 30.4 Å². The summed E-state index contributed by atoms with van der Waals surface area (Å²) in [5.74, 6) is -0.468. The van der Waals surface area contributed by atoms with E-state index in [9.17, 15) is 14.7 Å². The molecule has 0 atom stereocenters. The Morgan fingerprint density at radius 1 is 1.22 bits per heavy atom. The average molecular weight is 366 g/mol. The molecule has 2 heterocycles. The first kappa shape index (κ1) is 18.0. The molecule has 10 heteroatoms. The molecule has 136 valence electrons. The fourth-order valence-electron chi connectivity index (χ4n) is 2.34. The van der Waals surface area contributed by atoms with Gasteiger partial charge in [-0.3, -0.25) is 14.6 Å². The molecule has 0 aliphatic carbocycles. The van der Waals surface area contributed by atoms with Gasteiger partial charge in [-0.1, -0.05) is 0 Å². The number of allylic oxidation sites excluding steroid dienone is 2. The van der Waals surface area contributed by atoms with E-state index in [0.29, 0.717) is 17.0 Å². The van der Waals surface area contributed by atoms with Crippen molar-refractivity contribution >= 4 is 41.0 Å². The minimum Gasteiger partial charge on any atom is -0.512 e. The number of ether oxygens (including phenoxy) is 1. The monoisotopic (exact) mass is 366 g/mol. The highest BCUT2D eigenvalue weighted by molar-refractivity contribution is 6.69. The Hall–Kier alpha value is -3.82. The number of fused-ring (bicyclic) bond motifs is 1. The van der Waals surface area contributed by atoms with Gasteiger partial charge in [-0.05, 0) is 37.3 Å². The maximum Gasteiger partial charge on any atom is 0.303 e. The topological polar surface area (TPSA) is 138 Å². The fourth-order valence-corrected chi connectivity index (χ4v) is 2.34. The lowest BCUT2D eigenvalue weighted by molar-refractivity contribution is -0.113.